The Bertz CT molecular complexity index is 650. The van der Waals surface area contributed by atoms with Crippen LogP contribution in [0.5, 0.6) is 0 Å². The summed E-state index contributed by atoms with van der Waals surface area (Å²) in [5.74, 6) is 0. The first-order valence-electron chi connectivity index (χ1n) is 10.5. The molecule has 0 aromatic rings. The van der Waals surface area contributed by atoms with Crippen LogP contribution in [-0.4, -0.2) is 73.3 Å². The molecule has 4 rings (SSSR count). The van der Waals surface area contributed by atoms with E-state index in [0.29, 0.717) is 25.7 Å². The fourth-order valence-corrected chi connectivity index (χ4v) is 6.66. The minimum Gasteiger partial charge on any atom is -0.375 e. The molecule has 8 heteroatoms. The van der Waals surface area contributed by atoms with Gasteiger partial charge in [-0.05, 0) is 51.4 Å². The molecule has 2 heterocycles. The number of nitrogens with one attached hydrogen (secondary N) is 1. The zero-order valence-electron chi connectivity index (χ0n) is 16.4. The number of carbonyl (C=O) groups excluding carboxylic acids is 1. The van der Waals surface area contributed by atoms with Crippen LogP contribution in [0.2, 0.25) is 0 Å². The zero-order chi connectivity index (χ0) is 19.1. The fraction of sp³-hybridized carbons (Fsp3) is 0.947. The number of hydrogen-bond donors (Lipinski definition) is 1. The normalized spacial score (nSPS) is 29.4. The molecule has 2 saturated carbocycles. The van der Waals surface area contributed by atoms with Crippen LogP contribution in [0, 0.1) is 0 Å². The maximum absolute atomic E-state index is 12.5. The van der Waals surface area contributed by atoms with E-state index in [1.165, 1.54) is 19.1 Å². The summed E-state index contributed by atoms with van der Waals surface area (Å²) < 4.78 is 32.6. The SMILES string of the molecule is CS(=O)(=O)N(C1CC1)C1CCOC2(CCN(C(=O)NC3CCCC3)CC2)C1. The maximum atomic E-state index is 12.5. The predicted octanol–water partition coefficient (Wildman–Crippen LogP) is 2.08. The van der Waals surface area contributed by atoms with E-state index < -0.39 is 10.0 Å². The van der Waals surface area contributed by atoms with E-state index >= 15 is 0 Å². The van der Waals surface area contributed by atoms with Crippen LogP contribution >= 0.6 is 0 Å². The van der Waals surface area contributed by atoms with Gasteiger partial charge in [0.25, 0.3) is 0 Å². The van der Waals surface area contributed by atoms with E-state index in [0.717, 1.165) is 51.4 Å². The van der Waals surface area contributed by atoms with Gasteiger partial charge in [0.2, 0.25) is 10.0 Å². The molecule has 0 radical (unpaired) electrons. The van der Waals surface area contributed by atoms with E-state index in [1.54, 1.807) is 4.31 Å². The van der Waals surface area contributed by atoms with Crippen LogP contribution < -0.4 is 5.32 Å². The number of hydrogen-bond acceptors (Lipinski definition) is 4. The lowest BCUT2D eigenvalue weighted by Crippen LogP contribution is -2.57. The quantitative estimate of drug-likeness (QED) is 0.785. The highest BCUT2D eigenvalue weighted by Gasteiger charge is 2.47. The van der Waals surface area contributed by atoms with Crippen molar-refractivity contribution < 1.29 is 17.9 Å². The van der Waals surface area contributed by atoms with Gasteiger partial charge in [0, 0.05) is 37.8 Å². The Kier molecular flexibility index (Phi) is 5.42. The summed E-state index contributed by atoms with van der Waals surface area (Å²) in [7, 11) is -3.19. The zero-order valence-corrected chi connectivity index (χ0v) is 17.2. The molecule has 2 aliphatic carbocycles. The molecule has 0 bridgehead atoms. The van der Waals surface area contributed by atoms with E-state index in [4.69, 9.17) is 4.74 Å². The van der Waals surface area contributed by atoms with E-state index in [1.807, 2.05) is 4.90 Å². The molecule has 1 spiro atoms. The van der Waals surface area contributed by atoms with Crippen molar-refractivity contribution in [3.8, 4) is 0 Å². The van der Waals surface area contributed by atoms with Gasteiger partial charge in [0.15, 0.2) is 0 Å². The average molecular weight is 400 g/mol. The first-order valence-corrected chi connectivity index (χ1v) is 12.4. The van der Waals surface area contributed by atoms with Gasteiger partial charge in [-0.1, -0.05) is 12.8 Å². The Morgan fingerprint density at radius 1 is 1.07 bits per heavy atom. The molecule has 2 amide bonds. The number of piperidine rings is 1. The number of rotatable bonds is 4. The predicted molar refractivity (Wildman–Crippen MR) is 103 cm³/mol. The van der Waals surface area contributed by atoms with Crippen LogP contribution in [-0.2, 0) is 14.8 Å². The number of nitrogens with zero attached hydrogens (tertiary/aromatic N) is 2. The lowest BCUT2D eigenvalue weighted by molar-refractivity contribution is -0.122. The van der Waals surface area contributed by atoms with Crippen molar-refractivity contribution in [2.24, 2.45) is 0 Å². The minimum absolute atomic E-state index is 0.0418. The number of likely N-dealkylation sites (tertiary alicyclic amines) is 1. The van der Waals surface area contributed by atoms with Crippen LogP contribution in [0.15, 0.2) is 0 Å². The summed E-state index contributed by atoms with van der Waals surface area (Å²) in [4.78, 5) is 14.4. The summed E-state index contributed by atoms with van der Waals surface area (Å²) in [5.41, 5.74) is -0.273. The number of ether oxygens (including phenoxy) is 1. The Hall–Kier alpha value is -0.860. The second-order valence-corrected chi connectivity index (χ2v) is 10.8. The van der Waals surface area contributed by atoms with Gasteiger partial charge in [-0.25, -0.2) is 13.2 Å². The molecular formula is C19H33N3O4S. The third-order valence-electron chi connectivity index (χ3n) is 6.76. The molecule has 4 fully saturated rings. The molecule has 1 unspecified atom stereocenters. The molecule has 1 N–H and O–H groups in total. The second kappa shape index (κ2) is 7.52. The van der Waals surface area contributed by atoms with Crippen LogP contribution in [0.25, 0.3) is 0 Å². The van der Waals surface area contributed by atoms with E-state index in [2.05, 4.69) is 5.32 Å². The molecule has 1 atom stereocenters. The van der Waals surface area contributed by atoms with Gasteiger partial charge in [-0.15, -0.1) is 0 Å². The van der Waals surface area contributed by atoms with Crippen LogP contribution in [0.3, 0.4) is 0 Å². The van der Waals surface area contributed by atoms with E-state index in [9.17, 15) is 13.2 Å². The number of urea groups is 1. The monoisotopic (exact) mass is 399 g/mol. The number of sulfonamides is 1. The van der Waals surface area contributed by atoms with Crippen LogP contribution in [0.1, 0.15) is 64.2 Å². The first-order chi connectivity index (χ1) is 12.9. The summed E-state index contributed by atoms with van der Waals surface area (Å²) in [6.07, 6.45) is 11.0. The fourth-order valence-electron chi connectivity index (χ4n) is 5.19. The average Bonchev–Trinajstić information content (AvgIpc) is 3.29. The number of carbonyl (C=O) groups is 1. The molecular weight excluding hydrogens is 366 g/mol. The molecule has 2 aliphatic heterocycles. The standard InChI is InChI=1S/C19H33N3O4S/c1-27(24,25)22(16-6-7-16)17-8-13-26-19(14-17)9-11-21(12-10-19)18(23)20-15-4-2-3-5-15/h15-17H,2-14H2,1H3,(H,20,23). The van der Waals surface area contributed by atoms with Crippen molar-refractivity contribution >= 4 is 16.1 Å². The molecule has 154 valence electrons. The maximum Gasteiger partial charge on any atom is 0.317 e. The van der Waals surface area contributed by atoms with Crippen molar-refractivity contribution in [1.82, 2.24) is 14.5 Å². The van der Waals surface area contributed by atoms with Crippen molar-refractivity contribution in [1.29, 1.82) is 0 Å². The molecule has 0 aromatic carbocycles. The molecule has 27 heavy (non-hydrogen) atoms. The second-order valence-electron chi connectivity index (χ2n) is 8.92. The van der Waals surface area contributed by atoms with Crippen molar-refractivity contribution in [2.75, 3.05) is 26.0 Å². The molecule has 7 nitrogen and oxygen atoms in total. The van der Waals surface area contributed by atoms with Gasteiger partial charge in [0.1, 0.15) is 0 Å². The first kappa shape index (κ1) is 19.5. The number of amides is 2. The van der Waals surface area contributed by atoms with Gasteiger partial charge >= 0.3 is 6.03 Å². The van der Waals surface area contributed by atoms with Gasteiger partial charge in [-0.2, -0.15) is 4.31 Å². The van der Waals surface area contributed by atoms with E-state index in [-0.39, 0.29) is 23.7 Å². The Labute approximate surface area is 162 Å². The Morgan fingerprint density at radius 2 is 1.74 bits per heavy atom. The third-order valence-corrected chi connectivity index (χ3v) is 8.12. The van der Waals surface area contributed by atoms with Crippen LogP contribution in [0.4, 0.5) is 4.79 Å². The van der Waals surface area contributed by atoms with Crippen molar-refractivity contribution in [2.45, 2.75) is 87.9 Å². The third kappa shape index (κ3) is 4.43. The summed E-state index contributed by atoms with van der Waals surface area (Å²) >= 11 is 0. The summed E-state index contributed by atoms with van der Waals surface area (Å²) in [5, 5.41) is 3.17. The highest BCUT2D eigenvalue weighted by molar-refractivity contribution is 7.88. The molecule has 2 saturated heterocycles. The largest absolute Gasteiger partial charge is 0.375 e. The molecule has 4 aliphatic rings. The summed E-state index contributed by atoms with van der Waals surface area (Å²) in [6.45, 7) is 1.98. The van der Waals surface area contributed by atoms with Gasteiger partial charge < -0.3 is 15.0 Å². The highest BCUT2D eigenvalue weighted by Crippen LogP contribution is 2.41. The lowest BCUT2D eigenvalue weighted by atomic mass is 9.82. The molecule has 0 aromatic heterocycles. The van der Waals surface area contributed by atoms with Crippen molar-refractivity contribution in [3.63, 3.8) is 0 Å². The van der Waals surface area contributed by atoms with Gasteiger partial charge in [0.05, 0.1) is 11.9 Å². The van der Waals surface area contributed by atoms with Gasteiger partial charge in [-0.3, -0.25) is 0 Å². The smallest absolute Gasteiger partial charge is 0.317 e. The van der Waals surface area contributed by atoms with Crippen molar-refractivity contribution in [3.05, 3.63) is 0 Å². The highest BCUT2D eigenvalue weighted by atomic mass is 32.2. The Morgan fingerprint density at radius 3 is 2.33 bits per heavy atom. The topological polar surface area (TPSA) is 79.0 Å². The minimum atomic E-state index is -3.19. The summed E-state index contributed by atoms with van der Waals surface area (Å²) in [6, 6.07) is 0.628. The Balaban J connectivity index is 1.35. The lowest BCUT2D eigenvalue weighted by Gasteiger charge is -2.48.